The van der Waals surface area contributed by atoms with E-state index in [1.54, 1.807) is 0 Å². The third kappa shape index (κ3) is 5.14. The third-order valence-corrected chi connectivity index (χ3v) is 14.1. The van der Waals surface area contributed by atoms with Gasteiger partial charge in [0.05, 0.1) is 67.4 Å². The maximum Gasteiger partial charge on any atom is 0.0782 e. The van der Waals surface area contributed by atoms with Crippen molar-refractivity contribution in [2.45, 2.75) is 145 Å². The van der Waals surface area contributed by atoms with Crippen molar-refractivity contribution in [3.63, 3.8) is 0 Å². The van der Waals surface area contributed by atoms with Gasteiger partial charge >= 0.3 is 0 Å². The summed E-state index contributed by atoms with van der Waals surface area (Å²) in [6.45, 7) is 0. The van der Waals surface area contributed by atoms with Crippen LogP contribution in [0.2, 0.25) is 0 Å². The first-order chi connectivity index (χ1) is 21.2. The molecule has 8 bridgehead atoms. The smallest absolute Gasteiger partial charge is 0.0782 e. The van der Waals surface area contributed by atoms with Crippen molar-refractivity contribution in [3.8, 4) is 6.07 Å². The van der Waals surface area contributed by atoms with Gasteiger partial charge in [0.15, 0.2) is 0 Å². The summed E-state index contributed by atoms with van der Waals surface area (Å²) in [5.41, 5.74) is 0. The van der Waals surface area contributed by atoms with E-state index in [2.05, 4.69) is 48.6 Å². The van der Waals surface area contributed by atoms with Gasteiger partial charge in [-0.3, -0.25) is 42.5 Å². The molecule has 44 heavy (non-hydrogen) atoms. The monoisotopic (exact) mass is 652 g/mol. The second-order valence-electron chi connectivity index (χ2n) is 16.0. The van der Waals surface area contributed by atoms with Gasteiger partial charge in [-0.2, -0.15) is 5.26 Å². The standard InChI is InChI=1S/C33H55N9O.Co/c34-15-23-24(43)14-13-22-25(23)33-41-31-21-12-6-5-11-20(21)29(39-31)37-27-17-8-2-1-7-16(17)26(35-27)36-28-18-9-3-4-10-19(18)30(38-28)40-32(22)42-33;/h16-33,35-43H,1-14H2;. The van der Waals surface area contributed by atoms with E-state index in [0.717, 1.165) is 12.8 Å². The van der Waals surface area contributed by atoms with Gasteiger partial charge in [-0.15, -0.1) is 0 Å². The Balaban J connectivity index is 0.00000289. The molecule has 18 unspecified atom stereocenters. The van der Waals surface area contributed by atoms with Crippen molar-refractivity contribution in [2.75, 3.05) is 0 Å². The second-order valence-corrected chi connectivity index (χ2v) is 16.0. The molecule has 4 saturated carbocycles. The maximum absolute atomic E-state index is 11.0. The molecule has 0 aromatic rings. The van der Waals surface area contributed by atoms with Crippen LogP contribution >= 0.6 is 0 Å². The second kappa shape index (κ2) is 12.6. The molecule has 5 aliphatic heterocycles. The normalized spacial score (nSPS) is 56.4. The molecule has 0 spiro atoms. The molecule has 0 amide bonds. The Hall–Kier alpha value is -0.364. The number of nitrogens with zero attached hydrogens (tertiary/aromatic N) is 1. The molecule has 247 valence electrons. The summed E-state index contributed by atoms with van der Waals surface area (Å²) >= 11 is 0. The Morgan fingerprint density at radius 2 is 0.705 bits per heavy atom. The Morgan fingerprint density at radius 1 is 0.409 bits per heavy atom. The van der Waals surface area contributed by atoms with Crippen molar-refractivity contribution in [2.24, 2.45) is 53.3 Å². The van der Waals surface area contributed by atoms with Crippen LogP contribution in [0, 0.1) is 64.6 Å². The molecular weight excluding hydrogens is 597 g/mol. The van der Waals surface area contributed by atoms with Gasteiger partial charge in [0, 0.05) is 22.7 Å². The van der Waals surface area contributed by atoms with Crippen LogP contribution in [0.4, 0.5) is 0 Å². The molecule has 9 fully saturated rings. The van der Waals surface area contributed by atoms with Gasteiger partial charge in [0.2, 0.25) is 0 Å². The molecule has 11 heteroatoms. The fraction of sp³-hybridized carbons (Fsp3) is 0.970. The molecule has 9 aliphatic rings. The number of rotatable bonds is 0. The molecule has 4 aliphatic carbocycles. The Kier molecular flexibility index (Phi) is 8.85. The molecule has 1 radical (unpaired) electrons. The van der Waals surface area contributed by atoms with Crippen LogP contribution < -0.4 is 42.5 Å². The number of aliphatic hydroxyl groups excluding tert-OH is 1. The van der Waals surface area contributed by atoms with Gasteiger partial charge < -0.3 is 5.11 Å². The molecule has 18 atom stereocenters. The quantitative estimate of drug-likeness (QED) is 0.188. The van der Waals surface area contributed by atoms with Gasteiger partial charge in [0.1, 0.15) is 0 Å². The Labute approximate surface area is 273 Å². The number of fused-ring (bicyclic) bond motifs is 20. The largest absolute Gasteiger partial charge is 0.392 e. The molecule has 10 nitrogen and oxygen atoms in total. The summed E-state index contributed by atoms with van der Waals surface area (Å²) < 4.78 is 0. The number of nitriles is 1. The van der Waals surface area contributed by atoms with Crippen molar-refractivity contribution < 1.29 is 21.9 Å². The zero-order valence-corrected chi connectivity index (χ0v) is 27.1. The summed E-state index contributed by atoms with van der Waals surface area (Å²) in [5.74, 6) is 3.91. The fourth-order valence-electron chi connectivity index (χ4n) is 12.2. The number of hydrogen-bond acceptors (Lipinski definition) is 10. The first kappa shape index (κ1) is 30.9. The SMILES string of the molecule is N#CC1C(O)CCC2C3NC4NC(NC5NC(NC6NC(NC(N3)C12)C1CCCCC61)C1CCCCC51)C1CCCCC41.[Co]. The maximum atomic E-state index is 11.0. The van der Waals surface area contributed by atoms with Gasteiger partial charge in [-0.05, 0) is 92.8 Å². The van der Waals surface area contributed by atoms with Crippen LogP contribution in [0.1, 0.15) is 89.9 Å². The topological polar surface area (TPSA) is 140 Å². The van der Waals surface area contributed by atoms with E-state index < -0.39 is 6.10 Å². The predicted octanol–water partition coefficient (Wildman–Crippen LogP) is 1.32. The average Bonchev–Trinajstić information content (AvgIpc) is 3.76. The molecule has 0 aromatic carbocycles. The van der Waals surface area contributed by atoms with Crippen LogP contribution in [0.3, 0.4) is 0 Å². The summed E-state index contributed by atoms with van der Waals surface area (Å²) in [4.78, 5) is 0. The van der Waals surface area contributed by atoms with Crippen molar-refractivity contribution in [1.29, 1.82) is 5.26 Å². The number of aliphatic hydroxyl groups is 1. The summed E-state index contributed by atoms with van der Waals surface area (Å²) in [6.07, 6.45) is 18.8. The zero-order valence-electron chi connectivity index (χ0n) is 26.0. The molecule has 9 rings (SSSR count). The van der Waals surface area contributed by atoms with E-state index in [1.165, 1.54) is 77.0 Å². The molecular formula is C33H55CoN9O. The molecule has 5 heterocycles. The first-order valence-corrected chi connectivity index (χ1v) is 18.3. The fourth-order valence-corrected chi connectivity index (χ4v) is 12.2. The minimum Gasteiger partial charge on any atom is -0.392 e. The van der Waals surface area contributed by atoms with E-state index >= 15 is 0 Å². The zero-order chi connectivity index (χ0) is 28.7. The minimum atomic E-state index is -0.537. The van der Waals surface area contributed by atoms with Crippen LogP contribution in [-0.4, -0.2) is 60.5 Å². The van der Waals surface area contributed by atoms with Gasteiger partial charge in [-0.1, -0.05) is 38.5 Å². The van der Waals surface area contributed by atoms with Crippen molar-refractivity contribution in [1.82, 2.24) is 42.5 Å². The number of hydrogen-bond donors (Lipinski definition) is 9. The third-order valence-electron chi connectivity index (χ3n) is 14.1. The Morgan fingerprint density at radius 3 is 1.02 bits per heavy atom. The predicted molar refractivity (Wildman–Crippen MR) is 163 cm³/mol. The Bertz CT molecular complexity index is 1080. The van der Waals surface area contributed by atoms with Crippen molar-refractivity contribution >= 4 is 0 Å². The van der Waals surface area contributed by atoms with Gasteiger partial charge in [-0.25, -0.2) is 0 Å². The minimum absolute atomic E-state index is 0. The first-order valence-electron chi connectivity index (χ1n) is 18.3. The van der Waals surface area contributed by atoms with E-state index in [0.29, 0.717) is 66.1 Å². The van der Waals surface area contributed by atoms with Crippen LogP contribution in [0.15, 0.2) is 0 Å². The van der Waals surface area contributed by atoms with Crippen LogP contribution in [-0.2, 0) is 16.8 Å². The molecule has 5 saturated heterocycles. The summed E-state index contributed by atoms with van der Waals surface area (Å²) in [5, 5.41) is 54.3. The van der Waals surface area contributed by atoms with E-state index in [1.807, 2.05) is 0 Å². The van der Waals surface area contributed by atoms with E-state index in [9.17, 15) is 10.4 Å². The molecule has 9 N–H and O–H groups in total. The molecule has 0 aromatic heterocycles. The van der Waals surface area contributed by atoms with Crippen LogP contribution in [0.5, 0.6) is 0 Å². The van der Waals surface area contributed by atoms with Crippen molar-refractivity contribution in [3.05, 3.63) is 0 Å². The average molecular weight is 653 g/mol. The van der Waals surface area contributed by atoms with Gasteiger partial charge in [0.25, 0.3) is 0 Å². The van der Waals surface area contributed by atoms with E-state index in [-0.39, 0.29) is 53.3 Å². The van der Waals surface area contributed by atoms with Crippen LogP contribution in [0.25, 0.3) is 0 Å². The summed E-state index contributed by atoms with van der Waals surface area (Å²) in [7, 11) is 0. The summed E-state index contributed by atoms with van der Waals surface area (Å²) in [6, 6.07) is 2.57. The number of nitrogens with one attached hydrogen (secondary N) is 8. The van der Waals surface area contributed by atoms with E-state index in [4.69, 9.17) is 0 Å².